The molecule has 1 aliphatic rings. The van der Waals surface area contributed by atoms with Gasteiger partial charge in [-0.25, -0.2) is 0 Å². The molecule has 98 valence electrons. The van der Waals surface area contributed by atoms with Gasteiger partial charge in [-0.1, -0.05) is 12.1 Å². The van der Waals surface area contributed by atoms with Crippen LogP contribution in [0.3, 0.4) is 0 Å². The second-order valence-electron chi connectivity index (χ2n) is 4.61. The summed E-state index contributed by atoms with van der Waals surface area (Å²) in [6.45, 7) is 3.04. The van der Waals surface area contributed by atoms with Gasteiger partial charge >= 0.3 is 0 Å². The first-order chi connectivity index (χ1) is 8.79. The minimum Gasteiger partial charge on any atom is -0.497 e. The van der Waals surface area contributed by atoms with Crippen molar-refractivity contribution in [2.75, 3.05) is 13.7 Å². The summed E-state index contributed by atoms with van der Waals surface area (Å²) in [7, 11) is 1.69. The van der Waals surface area contributed by atoms with E-state index in [1.54, 1.807) is 7.11 Å². The molecule has 2 unspecified atom stereocenters. The van der Waals surface area contributed by atoms with Gasteiger partial charge in [-0.2, -0.15) is 0 Å². The highest BCUT2D eigenvalue weighted by molar-refractivity contribution is 5.30. The SMILES string of the molecule is COc1cccc(C(C)NCC2CCC=CO2)c1. The van der Waals surface area contributed by atoms with Crippen LogP contribution >= 0.6 is 0 Å². The summed E-state index contributed by atoms with van der Waals surface area (Å²) in [5.74, 6) is 0.901. The first-order valence-corrected chi connectivity index (χ1v) is 6.47. The molecule has 1 aromatic rings. The van der Waals surface area contributed by atoms with E-state index < -0.39 is 0 Å². The maximum atomic E-state index is 5.54. The van der Waals surface area contributed by atoms with Crippen LogP contribution in [0.4, 0.5) is 0 Å². The summed E-state index contributed by atoms with van der Waals surface area (Å²) in [6, 6.07) is 8.47. The molecule has 0 radical (unpaired) electrons. The van der Waals surface area contributed by atoms with Crippen molar-refractivity contribution in [3.63, 3.8) is 0 Å². The lowest BCUT2D eigenvalue weighted by molar-refractivity contribution is 0.120. The van der Waals surface area contributed by atoms with Gasteiger partial charge in [0.1, 0.15) is 11.9 Å². The van der Waals surface area contributed by atoms with E-state index in [9.17, 15) is 0 Å². The Kier molecular flexibility index (Phi) is 4.65. The van der Waals surface area contributed by atoms with Crippen LogP contribution in [-0.4, -0.2) is 19.8 Å². The van der Waals surface area contributed by atoms with Gasteiger partial charge in [0, 0.05) is 12.6 Å². The van der Waals surface area contributed by atoms with Crippen molar-refractivity contribution in [3.8, 4) is 5.75 Å². The molecule has 0 fully saturated rings. The predicted molar refractivity (Wildman–Crippen MR) is 72.7 cm³/mol. The monoisotopic (exact) mass is 247 g/mol. The van der Waals surface area contributed by atoms with Crippen LogP contribution in [0.15, 0.2) is 36.6 Å². The van der Waals surface area contributed by atoms with Crippen molar-refractivity contribution < 1.29 is 9.47 Å². The fourth-order valence-corrected chi connectivity index (χ4v) is 2.07. The molecular weight excluding hydrogens is 226 g/mol. The van der Waals surface area contributed by atoms with E-state index in [1.165, 1.54) is 5.56 Å². The topological polar surface area (TPSA) is 30.5 Å². The second kappa shape index (κ2) is 6.45. The number of ether oxygens (including phenoxy) is 2. The number of nitrogens with one attached hydrogen (secondary N) is 1. The maximum absolute atomic E-state index is 5.54. The summed E-state index contributed by atoms with van der Waals surface area (Å²) >= 11 is 0. The summed E-state index contributed by atoms with van der Waals surface area (Å²) in [5, 5.41) is 3.51. The molecule has 1 heterocycles. The predicted octanol–water partition coefficient (Wildman–Crippen LogP) is 3.04. The van der Waals surface area contributed by atoms with E-state index in [-0.39, 0.29) is 0 Å². The molecule has 3 heteroatoms. The van der Waals surface area contributed by atoms with Gasteiger partial charge < -0.3 is 14.8 Å². The molecule has 2 atom stereocenters. The van der Waals surface area contributed by atoms with Crippen LogP contribution in [0.5, 0.6) is 5.75 Å². The van der Waals surface area contributed by atoms with Crippen LogP contribution < -0.4 is 10.1 Å². The van der Waals surface area contributed by atoms with E-state index in [1.807, 2.05) is 18.4 Å². The summed E-state index contributed by atoms with van der Waals surface area (Å²) in [6.07, 6.45) is 6.38. The number of methoxy groups -OCH3 is 1. The molecule has 0 aliphatic carbocycles. The molecule has 0 saturated carbocycles. The maximum Gasteiger partial charge on any atom is 0.119 e. The van der Waals surface area contributed by atoms with Gasteiger partial charge in [0.25, 0.3) is 0 Å². The van der Waals surface area contributed by atoms with Crippen molar-refractivity contribution in [3.05, 3.63) is 42.2 Å². The summed E-state index contributed by atoms with van der Waals surface area (Å²) < 4.78 is 10.8. The Morgan fingerprint density at radius 2 is 2.39 bits per heavy atom. The highest BCUT2D eigenvalue weighted by atomic mass is 16.5. The molecule has 3 nitrogen and oxygen atoms in total. The third kappa shape index (κ3) is 3.50. The molecule has 0 amide bonds. The lowest BCUT2D eigenvalue weighted by atomic mass is 10.1. The van der Waals surface area contributed by atoms with Gasteiger partial charge in [0.05, 0.1) is 13.4 Å². The zero-order valence-electron chi connectivity index (χ0n) is 11.1. The Morgan fingerprint density at radius 3 is 3.11 bits per heavy atom. The van der Waals surface area contributed by atoms with Gasteiger partial charge in [-0.15, -0.1) is 0 Å². The van der Waals surface area contributed by atoms with E-state index in [0.717, 1.165) is 25.1 Å². The number of benzene rings is 1. The highest BCUT2D eigenvalue weighted by Gasteiger charge is 2.13. The third-order valence-electron chi connectivity index (χ3n) is 3.27. The Labute approximate surface area is 109 Å². The van der Waals surface area contributed by atoms with Crippen molar-refractivity contribution in [1.82, 2.24) is 5.32 Å². The third-order valence-corrected chi connectivity index (χ3v) is 3.27. The van der Waals surface area contributed by atoms with Crippen molar-refractivity contribution >= 4 is 0 Å². The molecule has 18 heavy (non-hydrogen) atoms. The zero-order chi connectivity index (χ0) is 12.8. The first-order valence-electron chi connectivity index (χ1n) is 6.47. The molecule has 0 saturated heterocycles. The molecule has 1 aliphatic heterocycles. The molecule has 0 bridgehead atoms. The van der Waals surface area contributed by atoms with Crippen LogP contribution in [0.25, 0.3) is 0 Å². The van der Waals surface area contributed by atoms with Crippen molar-refractivity contribution in [2.24, 2.45) is 0 Å². The highest BCUT2D eigenvalue weighted by Crippen LogP contribution is 2.19. The average molecular weight is 247 g/mol. The fourth-order valence-electron chi connectivity index (χ4n) is 2.07. The quantitative estimate of drug-likeness (QED) is 0.867. The van der Waals surface area contributed by atoms with Gasteiger partial charge in [-0.05, 0) is 43.5 Å². The minimum absolute atomic E-state index is 0.294. The van der Waals surface area contributed by atoms with E-state index in [2.05, 4.69) is 30.4 Å². The van der Waals surface area contributed by atoms with Crippen LogP contribution in [0, 0.1) is 0 Å². The lowest BCUT2D eigenvalue weighted by Gasteiger charge is -2.22. The standard InChI is InChI=1S/C15H21NO2/c1-12(13-6-5-8-14(10-13)17-2)16-11-15-7-3-4-9-18-15/h4-6,8-10,12,15-16H,3,7,11H2,1-2H3. The molecule has 1 aromatic carbocycles. The molecule has 1 N–H and O–H groups in total. The number of hydrogen-bond donors (Lipinski definition) is 1. The van der Waals surface area contributed by atoms with Crippen LogP contribution in [-0.2, 0) is 4.74 Å². The van der Waals surface area contributed by atoms with Crippen LogP contribution in [0.2, 0.25) is 0 Å². The van der Waals surface area contributed by atoms with Gasteiger partial charge in [0.15, 0.2) is 0 Å². The second-order valence-corrected chi connectivity index (χ2v) is 4.61. The molecular formula is C15H21NO2. The Bertz CT molecular complexity index is 403. The smallest absolute Gasteiger partial charge is 0.119 e. The van der Waals surface area contributed by atoms with Gasteiger partial charge in [0.2, 0.25) is 0 Å². The average Bonchev–Trinajstić information content (AvgIpc) is 2.46. The van der Waals surface area contributed by atoms with E-state index in [0.29, 0.717) is 12.1 Å². The largest absolute Gasteiger partial charge is 0.497 e. The number of hydrogen-bond acceptors (Lipinski definition) is 3. The Hall–Kier alpha value is -1.48. The van der Waals surface area contributed by atoms with Gasteiger partial charge in [-0.3, -0.25) is 0 Å². The van der Waals surface area contributed by atoms with Crippen molar-refractivity contribution in [1.29, 1.82) is 0 Å². The van der Waals surface area contributed by atoms with E-state index in [4.69, 9.17) is 9.47 Å². The first kappa shape index (κ1) is 13.0. The molecule has 2 rings (SSSR count). The normalized spacial score (nSPS) is 20.2. The summed E-state index contributed by atoms with van der Waals surface area (Å²) in [5.41, 5.74) is 1.24. The lowest BCUT2D eigenvalue weighted by Crippen LogP contribution is -2.31. The molecule has 0 spiro atoms. The Morgan fingerprint density at radius 1 is 1.50 bits per heavy atom. The number of allylic oxidation sites excluding steroid dienone is 1. The molecule has 0 aromatic heterocycles. The number of rotatable bonds is 5. The summed E-state index contributed by atoms with van der Waals surface area (Å²) in [4.78, 5) is 0. The van der Waals surface area contributed by atoms with Crippen LogP contribution in [0.1, 0.15) is 31.4 Å². The fraction of sp³-hybridized carbons (Fsp3) is 0.467. The Balaban J connectivity index is 1.86. The zero-order valence-corrected chi connectivity index (χ0v) is 11.1. The van der Waals surface area contributed by atoms with Crippen molar-refractivity contribution in [2.45, 2.75) is 31.9 Å². The minimum atomic E-state index is 0.294. The van der Waals surface area contributed by atoms with E-state index >= 15 is 0 Å².